The molecule has 1 saturated heterocycles. The lowest BCUT2D eigenvalue weighted by molar-refractivity contribution is -0.124. The predicted octanol–water partition coefficient (Wildman–Crippen LogP) is 1.51. The largest absolute Gasteiger partial charge is 0.483 e. The van der Waals surface area contributed by atoms with Crippen LogP contribution in [0.25, 0.3) is 0 Å². The van der Waals surface area contributed by atoms with Crippen LogP contribution >= 0.6 is 11.6 Å². The molecule has 1 amide bonds. The maximum atomic E-state index is 11.8. The summed E-state index contributed by atoms with van der Waals surface area (Å²) in [7, 11) is 0. The van der Waals surface area contributed by atoms with E-state index in [1.165, 1.54) is 0 Å². The molecule has 2 N–H and O–H groups in total. The predicted molar refractivity (Wildman–Crippen MR) is 74.9 cm³/mol. The average Bonchev–Trinajstić information content (AvgIpc) is 2.46. The van der Waals surface area contributed by atoms with Gasteiger partial charge in [0.15, 0.2) is 6.61 Å². The Hall–Kier alpha value is -1.30. The Morgan fingerprint density at radius 3 is 2.90 bits per heavy atom. The molecule has 0 spiro atoms. The molecular weight excluding hydrogens is 282 g/mol. The highest BCUT2D eigenvalue weighted by Gasteiger charge is 2.16. The molecule has 20 heavy (non-hydrogen) atoms. The fourth-order valence-electron chi connectivity index (χ4n) is 2.08. The number of nitrogens with one attached hydrogen (secondary N) is 1. The van der Waals surface area contributed by atoms with Crippen LogP contribution in [0.3, 0.4) is 0 Å². The topological polar surface area (TPSA) is 67.8 Å². The quantitative estimate of drug-likeness (QED) is 0.865. The van der Waals surface area contributed by atoms with E-state index in [1.54, 1.807) is 18.2 Å². The molecule has 1 aliphatic heterocycles. The lowest BCUT2D eigenvalue weighted by Crippen LogP contribution is -2.41. The van der Waals surface area contributed by atoms with Crippen LogP contribution in [0.15, 0.2) is 18.2 Å². The van der Waals surface area contributed by atoms with Gasteiger partial charge in [-0.1, -0.05) is 17.7 Å². The Morgan fingerprint density at radius 1 is 1.45 bits per heavy atom. The minimum absolute atomic E-state index is 0.0926. The highest BCUT2D eigenvalue weighted by molar-refractivity contribution is 6.31. The summed E-state index contributed by atoms with van der Waals surface area (Å²) in [5.74, 6) is 0.253. The van der Waals surface area contributed by atoms with Crippen molar-refractivity contribution in [3.05, 3.63) is 28.8 Å². The minimum atomic E-state index is -0.226. The third-order valence-corrected chi connectivity index (χ3v) is 3.53. The zero-order valence-electron chi connectivity index (χ0n) is 11.1. The number of rotatable bonds is 5. The molecule has 1 fully saturated rings. The van der Waals surface area contributed by atoms with Gasteiger partial charge in [-0.25, -0.2) is 0 Å². The smallest absolute Gasteiger partial charge is 0.258 e. The summed E-state index contributed by atoms with van der Waals surface area (Å²) in [4.78, 5) is 11.8. The first-order chi connectivity index (χ1) is 9.70. The fourth-order valence-corrected chi connectivity index (χ4v) is 2.31. The SMILES string of the molecule is O=C(COc1cccc(Cl)c1CO)NC1CCOCC1. The monoisotopic (exact) mass is 299 g/mol. The number of aliphatic hydroxyl groups excluding tert-OH is 1. The molecule has 0 atom stereocenters. The average molecular weight is 300 g/mol. The van der Waals surface area contributed by atoms with Gasteiger partial charge >= 0.3 is 0 Å². The normalized spacial score (nSPS) is 15.9. The van der Waals surface area contributed by atoms with E-state index in [1.807, 2.05) is 0 Å². The van der Waals surface area contributed by atoms with E-state index in [0.29, 0.717) is 29.5 Å². The van der Waals surface area contributed by atoms with Crippen LogP contribution < -0.4 is 10.1 Å². The van der Waals surface area contributed by atoms with Crippen LogP contribution in [-0.4, -0.2) is 36.9 Å². The second-order valence-electron chi connectivity index (χ2n) is 4.62. The van der Waals surface area contributed by atoms with Gasteiger partial charge in [0.2, 0.25) is 0 Å². The molecule has 0 saturated carbocycles. The van der Waals surface area contributed by atoms with Crippen molar-refractivity contribution in [3.63, 3.8) is 0 Å². The number of ether oxygens (including phenoxy) is 2. The highest BCUT2D eigenvalue weighted by atomic mass is 35.5. The maximum absolute atomic E-state index is 11.8. The first-order valence-corrected chi connectivity index (χ1v) is 6.96. The molecule has 0 aliphatic carbocycles. The number of hydrogen-bond donors (Lipinski definition) is 2. The van der Waals surface area contributed by atoms with Crippen molar-refractivity contribution in [1.82, 2.24) is 5.32 Å². The van der Waals surface area contributed by atoms with Crippen molar-refractivity contribution in [2.45, 2.75) is 25.5 Å². The van der Waals surface area contributed by atoms with E-state index in [2.05, 4.69) is 5.32 Å². The third-order valence-electron chi connectivity index (χ3n) is 3.18. The van der Waals surface area contributed by atoms with E-state index in [0.717, 1.165) is 12.8 Å². The molecule has 0 aromatic heterocycles. The standard InChI is InChI=1S/C14H18ClNO4/c15-12-2-1-3-13(11(12)8-17)20-9-14(18)16-10-4-6-19-7-5-10/h1-3,10,17H,4-9H2,(H,16,18). The lowest BCUT2D eigenvalue weighted by atomic mass is 10.1. The lowest BCUT2D eigenvalue weighted by Gasteiger charge is -2.23. The Labute approximate surface area is 122 Å². The summed E-state index contributed by atoms with van der Waals surface area (Å²) in [6.45, 7) is 1.03. The number of carbonyl (C=O) groups excluding carboxylic acids is 1. The van der Waals surface area contributed by atoms with Crippen LogP contribution in [0.4, 0.5) is 0 Å². The van der Waals surface area contributed by atoms with Crippen LogP contribution in [0, 0.1) is 0 Å². The Bertz CT molecular complexity index is 460. The van der Waals surface area contributed by atoms with Crippen molar-refractivity contribution in [2.75, 3.05) is 19.8 Å². The summed E-state index contributed by atoms with van der Waals surface area (Å²) in [5.41, 5.74) is 0.494. The molecule has 0 radical (unpaired) electrons. The fraction of sp³-hybridized carbons (Fsp3) is 0.500. The minimum Gasteiger partial charge on any atom is -0.483 e. The molecule has 110 valence electrons. The number of halogens is 1. The molecule has 1 aromatic rings. The number of amides is 1. The van der Waals surface area contributed by atoms with Crippen molar-refractivity contribution >= 4 is 17.5 Å². The number of hydrogen-bond acceptors (Lipinski definition) is 4. The van der Waals surface area contributed by atoms with E-state index < -0.39 is 0 Å². The van der Waals surface area contributed by atoms with Crippen molar-refractivity contribution in [3.8, 4) is 5.75 Å². The first kappa shape index (κ1) is 15.1. The molecule has 1 aromatic carbocycles. The summed E-state index contributed by atoms with van der Waals surface area (Å²) in [6, 6.07) is 5.21. The van der Waals surface area contributed by atoms with Gasteiger partial charge in [-0.3, -0.25) is 4.79 Å². The van der Waals surface area contributed by atoms with Gasteiger partial charge in [0, 0.05) is 29.8 Å². The zero-order chi connectivity index (χ0) is 14.4. The molecule has 1 heterocycles. The highest BCUT2D eigenvalue weighted by Crippen LogP contribution is 2.26. The van der Waals surface area contributed by atoms with Gasteiger partial charge in [0.25, 0.3) is 5.91 Å². The van der Waals surface area contributed by atoms with Crippen molar-refractivity contribution in [1.29, 1.82) is 0 Å². The number of benzene rings is 1. The van der Waals surface area contributed by atoms with E-state index in [4.69, 9.17) is 21.1 Å². The Balaban J connectivity index is 1.85. The number of carbonyl (C=O) groups is 1. The second-order valence-corrected chi connectivity index (χ2v) is 5.02. The third kappa shape index (κ3) is 4.10. The summed E-state index contributed by atoms with van der Waals surface area (Å²) in [5, 5.41) is 12.6. The second kappa shape index (κ2) is 7.47. The molecule has 2 rings (SSSR count). The van der Waals surface area contributed by atoms with Crippen LogP contribution in [-0.2, 0) is 16.1 Å². The molecule has 0 bridgehead atoms. The van der Waals surface area contributed by atoms with Crippen molar-refractivity contribution in [2.24, 2.45) is 0 Å². The van der Waals surface area contributed by atoms with Gasteiger partial charge in [-0.05, 0) is 25.0 Å². The number of aliphatic hydroxyl groups is 1. The molecule has 6 heteroatoms. The molecular formula is C14H18ClNO4. The van der Waals surface area contributed by atoms with Crippen LogP contribution in [0.1, 0.15) is 18.4 Å². The summed E-state index contributed by atoms with van der Waals surface area (Å²) < 4.78 is 10.7. The van der Waals surface area contributed by atoms with Crippen LogP contribution in [0.2, 0.25) is 5.02 Å². The van der Waals surface area contributed by atoms with E-state index in [9.17, 15) is 9.90 Å². The first-order valence-electron chi connectivity index (χ1n) is 6.59. The van der Waals surface area contributed by atoms with Crippen molar-refractivity contribution < 1.29 is 19.4 Å². The Kier molecular flexibility index (Phi) is 5.64. The summed E-state index contributed by atoms with van der Waals surface area (Å²) in [6.07, 6.45) is 1.65. The van der Waals surface area contributed by atoms with Gasteiger partial charge in [0.1, 0.15) is 5.75 Å². The molecule has 1 aliphatic rings. The molecule has 5 nitrogen and oxygen atoms in total. The van der Waals surface area contributed by atoms with E-state index >= 15 is 0 Å². The van der Waals surface area contributed by atoms with Gasteiger partial charge in [0.05, 0.1) is 6.61 Å². The van der Waals surface area contributed by atoms with Gasteiger partial charge in [-0.15, -0.1) is 0 Å². The Morgan fingerprint density at radius 2 is 2.20 bits per heavy atom. The maximum Gasteiger partial charge on any atom is 0.258 e. The van der Waals surface area contributed by atoms with E-state index in [-0.39, 0.29) is 25.2 Å². The van der Waals surface area contributed by atoms with Gasteiger partial charge < -0.3 is 19.9 Å². The molecule has 0 unspecified atom stereocenters. The zero-order valence-corrected chi connectivity index (χ0v) is 11.9. The summed E-state index contributed by atoms with van der Waals surface area (Å²) >= 11 is 5.95. The van der Waals surface area contributed by atoms with Gasteiger partial charge in [-0.2, -0.15) is 0 Å². The van der Waals surface area contributed by atoms with Crippen LogP contribution in [0.5, 0.6) is 5.75 Å².